The molecule has 1 heterocycles. The van der Waals surface area contributed by atoms with E-state index in [9.17, 15) is 26.2 Å². The fourth-order valence-electron chi connectivity index (χ4n) is 6.61. The molecule has 4 aromatic carbocycles. The maximum Gasteiger partial charge on any atom is 1.00 e. The molecule has 238 valence electrons. The van der Waals surface area contributed by atoms with Crippen LogP contribution in [0.1, 0.15) is 47.9 Å². The van der Waals surface area contributed by atoms with Gasteiger partial charge in [0.05, 0.1) is 0 Å². The molecule has 0 amide bonds. The van der Waals surface area contributed by atoms with E-state index in [0.29, 0.717) is 46.2 Å². The summed E-state index contributed by atoms with van der Waals surface area (Å²) in [7, 11) is -11.6. The molecular formula is C33H28AgF3NO5PS. The zero-order valence-corrected chi connectivity index (χ0v) is 27.1. The summed E-state index contributed by atoms with van der Waals surface area (Å²) in [6, 6.07) is 22.1. The number of halogens is 3. The SMILES string of the molecule is O=P1([N-]S(=O)(=O)C(F)(F)F)Oc2c(-c3ccccc3)cc3c(c2-c2c4c(cc(-c5ccccc5)c2O1)CCCC4)CCCC3.[Ag+]. The largest absolute Gasteiger partial charge is 1.00 e. The third-order valence-electron chi connectivity index (χ3n) is 8.54. The normalized spacial score (nSPS) is 16.8. The van der Waals surface area contributed by atoms with E-state index < -0.39 is 23.3 Å². The second-order valence-electron chi connectivity index (χ2n) is 11.3. The van der Waals surface area contributed by atoms with E-state index in [1.165, 1.54) is 0 Å². The zero-order chi connectivity index (χ0) is 30.7. The smallest absolute Gasteiger partial charge is 0.427 e. The molecule has 45 heavy (non-hydrogen) atoms. The Hall–Kier alpha value is -2.85. The first kappa shape index (κ1) is 32.1. The molecule has 0 aromatic heterocycles. The Labute approximate surface area is 275 Å². The van der Waals surface area contributed by atoms with Crippen LogP contribution in [-0.4, -0.2) is 13.9 Å². The first-order chi connectivity index (χ1) is 21.0. The number of sulfonamides is 1. The fourth-order valence-corrected chi connectivity index (χ4v) is 9.18. The molecule has 3 aliphatic rings. The minimum absolute atomic E-state index is 0. The molecule has 6 nitrogen and oxygen atoms in total. The Morgan fingerprint density at radius 2 is 1.07 bits per heavy atom. The Morgan fingerprint density at radius 3 is 1.47 bits per heavy atom. The topological polar surface area (TPSA) is 83.8 Å². The summed E-state index contributed by atoms with van der Waals surface area (Å²) in [5, 5.41) is 0. The minimum Gasteiger partial charge on any atom is -0.427 e. The molecule has 1 aliphatic heterocycles. The van der Waals surface area contributed by atoms with Crippen LogP contribution < -0.4 is 9.05 Å². The second-order valence-corrected chi connectivity index (χ2v) is 14.7. The van der Waals surface area contributed by atoms with E-state index in [-0.39, 0.29) is 33.9 Å². The average Bonchev–Trinajstić information content (AvgIpc) is 3.14. The summed E-state index contributed by atoms with van der Waals surface area (Å²) in [5.74, 6) is 0.0519. The summed E-state index contributed by atoms with van der Waals surface area (Å²) >= 11 is 0. The minimum atomic E-state index is -6.25. The van der Waals surface area contributed by atoms with Crippen molar-refractivity contribution < 1.29 is 57.6 Å². The molecule has 12 heteroatoms. The zero-order valence-electron chi connectivity index (χ0n) is 23.9. The van der Waals surface area contributed by atoms with E-state index in [1.54, 1.807) is 0 Å². The molecule has 0 spiro atoms. The quantitative estimate of drug-likeness (QED) is 0.154. The maximum absolute atomic E-state index is 14.5. The van der Waals surface area contributed by atoms with E-state index in [1.807, 2.05) is 72.8 Å². The van der Waals surface area contributed by atoms with Crippen LogP contribution >= 0.6 is 7.75 Å². The van der Waals surface area contributed by atoms with E-state index in [0.717, 1.165) is 60.8 Å². The van der Waals surface area contributed by atoms with Crippen molar-refractivity contribution in [2.24, 2.45) is 0 Å². The van der Waals surface area contributed by atoms with E-state index >= 15 is 0 Å². The van der Waals surface area contributed by atoms with Crippen LogP contribution in [-0.2, 0) is 62.7 Å². The first-order valence-electron chi connectivity index (χ1n) is 14.6. The van der Waals surface area contributed by atoms with Crippen LogP contribution in [0.4, 0.5) is 13.2 Å². The second kappa shape index (κ2) is 12.1. The summed E-state index contributed by atoms with van der Waals surface area (Å²) in [5.41, 5.74) is 1.77. The van der Waals surface area contributed by atoms with Gasteiger partial charge in [-0.15, -0.1) is 0 Å². The fraction of sp³-hybridized carbons (Fsp3) is 0.273. The van der Waals surface area contributed by atoms with Crippen LogP contribution in [0.15, 0.2) is 72.8 Å². The van der Waals surface area contributed by atoms with Crippen molar-refractivity contribution >= 4 is 17.8 Å². The molecule has 0 saturated carbocycles. The molecule has 0 atom stereocenters. The monoisotopic (exact) mass is 745 g/mol. The third-order valence-corrected chi connectivity index (χ3v) is 11.6. The number of rotatable bonds is 4. The van der Waals surface area contributed by atoms with Crippen LogP contribution in [0.5, 0.6) is 11.5 Å². The average molecular weight is 746 g/mol. The Morgan fingerprint density at radius 1 is 0.667 bits per heavy atom. The van der Waals surface area contributed by atoms with Gasteiger partial charge in [-0.25, -0.2) is 8.42 Å². The van der Waals surface area contributed by atoms with E-state index in [4.69, 9.17) is 9.05 Å². The van der Waals surface area contributed by atoms with Crippen LogP contribution in [0.2, 0.25) is 0 Å². The number of fused-ring (bicyclic) bond motifs is 7. The van der Waals surface area contributed by atoms with Gasteiger partial charge < -0.3 is 13.5 Å². The van der Waals surface area contributed by atoms with Crippen LogP contribution in [0, 0.1) is 0 Å². The van der Waals surface area contributed by atoms with Gasteiger partial charge in [0.1, 0.15) is 11.5 Å². The summed E-state index contributed by atoms with van der Waals surface area (Å²) in [4.78, 5) is 0. The van der Waals surface area contributed by atoms with Crippen molar-refractivity contribution in [2.45, 2.75) is 56.9 Å². The molecule has 0 N–H and O–H groups in total. The van der Waals surface area contributed by atoms with Crippen LogP contribution in [0.25, 0.3) is 37.9 Å². The standard InChI is InChI=1S/C33H28F3NO5PS.Ag/c34-33(35,36)44(39,40)37-43(38)41-31-27(21-11-3-1-4-12-21)19-23-15-7-9-17-25(23)29(31)30-26-18-10-8-16-24(26)20-28(32(30)42-43)22-13-5-2-6-14-22;/h1-6,11-14,19-20H,7-10,15-18H2;/q-1;+1. The van der Waals surface area contributed by atoms with Gasteiger partial charge in [0.2, 0.25) is 0 Å². The van der Waals surface area contributed by atoms with Gasteiger partial charge in [0.25, 0.3) is 0 Å². The van der Waals surface area contributed by atoms with Gasteiger partial charge in [-0.3, -0.25) is 4.57 Å². The Balaban J connectivity index is 0.00000357. The number of nitrogens with zero attached hydrogens (tertiary/aromatic N) is 1. The molecule has 4 aromatic rings. The number of alkyl halides is 3. The van der Waals surface area contributed by atoms with Gasteiger partial charge >= 0.3 is 35.6 Å². The Bertz CT molecular complexity index is 1820. The first-order valence-corrected chi connectivity index (χ1v) is 17.5. The molecule has 0 fully saturated rings. The van der Waals surface area contributed by atoms with Gasteiger partial charge in [-0.2, -0.15) is 13.2 Å². The molecule has 0 unspecified atom stereocenters. The third kappa shape index (κ3) is 5.81. The number of hydrogen-bond donors (Lipinski definition) is 0. The maximum atomic E-state index is 14.5. The van der Waals surface area contributed by atoms with Crippen molar-refractivity contribution in [3.05, 3.63) is 99.5 Å². The molecule has 0 bridgehead atoms. The molecule has 0 radical (unpaired) electrons. The van der Waals surface area contributed by atoms with E-state index in [2.05, 4.69) is 4.49 Å². The molecule has 0 saturated heterocycles. The summed E-state index contributed by atoms with van der Waals surface area (Å²) in [6.45, 7) is 0. The van der Waals surface area contributed by atoms with Crippen molar-refractivity contribution in [2.75, 3.05) is 0 Å². The molecule has 7 rings (SSSR count). The van der Waals surface area contributed by atoms with Gasteiger partial charge in [-0.1, -0.05) is 60.7 Å². The van der Waals surface area contributed by atoms with Crippen molar-refractivity contribution in [1.82, 2.24) is 0 Å². The van der Waals surface area contributed by atoms with Crippen LogP contribution in [0.3, 0.4) is 0 Å². The van der Waals surface area contributed by atoms with Gasteiger partial charge in [0, 0.05) is 22.3 Å². The van der Waals surface area contributed by atoms with Gasteiger partial charge in [0.15, 0.2) is 10.0 Å². The predicted molar refractivity (Wildman–Crippen MR) is 163 cm³/mol. The predicted octanol–water partition coefficient (Wildman–Crippen LogP) is 9.55. The molecule has 2 aliphatic carbocycles. The van der Waals surface area contributed by atoms with Crippen molar-refractivity contribution in [3.8, 4) is 44.9 Å². The summed E-state index contributed by atoms with van der Waals surface area (Å²) in [6.07, 6.45) is 6.59. The molecular weight excluding hydrogens is 718 g/mol. The Kier molecular flexibility index (Phi) is 8.61. The van der Waals surface area contributed by atoms with Crippen molar-refractivity contribution in [1.29, 1.82) is 0 Å². The number of hydrogen-bond acceptors (Lipinski definition) is 5. The van der Waals surface area contributed by atoms with Gasteiger partial charge in [-0.05, 0) is 96.9 Å². The summed E-state index contributed by atoms with van der Waals surface area (Å²) < 4.78 is 95.1. The number of benzene rings is 4. The van der Waals surface area contributed by atoms with Crippen molar-refractivity contribution in [3.63, 3.8) is 0 Å². The number of aryl methyl sites for hydroxylation is 2.